The van der Waals surface area contributed by atoms with Crippen LogP contribution in [0.4, 0.5) is 0 Å². The molecule has 1 aromatic rings. The van der Waals surface area contributed by atoms with E-state index in [-0.39, 0.29) is 5.54 Å². The minimum atomic E-state index is 0.0533. The van der Waals surface area contributed by atoms with Crippen molar-refractivity contribution in [3.05, 3.63) is 35.9 Å². The second-order valence-corrected chi connectivity index (χ2v) is 4.47. The molecule has 0 bridgehead atoms. The Morgan fingerprint density at radius 3 is 2.60 bits per heavy atom. The van der Waals surface area contributed by atoms with E-state index in [9.17, 15) is 0 Å². The molecule has 0 aliphatic carbocycles. The van der Waals surface area contributed by atoms with E-state index >= 15 is 0 Å². The fourth-order valence-electron chi connectivity index (χ4n) is 2.48. The van der Waals surface area contributed by atoms with E-state index in [1.54, 1.807) is 0 Å². The molecule has 1 aromatic carbocycles. The SMILES string of the molecule is CNC(C)(c1ccccc1)C1CCCN1. The van der Waals surface area contributed by atoms with Gasteiger partial charge in [-0.3, -0.25) is 0 Å². The number of benzene rings is 1. The topological polar surface area (TPSA) is 24.1 Å². The summed E-state index contributed by atoms with van der Waals surface area (Å²) in [5.74, 6) is 0. The molecular weight excluding hydrogens is 184 g/mol. The van der Waals surface area contributed by atoms with Crippen molar-refractivity contribution in [2.45, 2.75) is 31.3 Å². The van der Waals surface area contributed by atoms with Gasteiger partial charge in [-0.2, -0.15) is 0 Å². The lowest BCUT2D eigenvalue weighted by Crippen LogP contribution is -2.51. The summed E-state index contributed by atoms with van der Waals surface area (Å²) in [6.07, 6.45) is 2.54. The van der Waals surface area contributed by atoms with E-state index in [1.807, 2.05) is 7.05 Å². The van der Waals surface area contributed by atoms with Gasteiger partial charge >= 0.3 is 0 Å². The first-order valence-electron chi connectivity index (χ1n) is 5.75. The van der Waals surface area contributed by atoms with E-state index in [0.717, 1.165) is 6.54 Å². The van der Waals surface area contributed by atoms with Gasteiger partial charge in [-0.25, -0.2) is 0 Å². The highest BCUT2D eigenvalue weighted by Gasteiger charge is 2.35. The molecule has 1 saturated heterocycles. The molecule has 0 amide bonds. The zero-order valence-electron chi connectivity index (χ0n) is 9.59. The summed E-state index contributed by atoms with van der Waals surface area (Å²) in [4.78, 5) is 0. The molecule has 0 radical (unpaired) electrons. The molecule has 82 valence electrons. The number of hydrogen-bond donors (Lipinski definition) is 2. The Bertz CT molecular complexity index is 304. The first kappa shape index (κ1) is 10.7. The third-order valence-corrected chi connectivity index (χ3v) is 3.65. The fourth-order valence-corrected chi connectivity index (χ4v) is 2.48. The van der Waals surface area contributed by atoms with Crippen LogP contribution in [-0.4, -0.2) is 19.6 Å². The Balaban J connectivity index is 2.28. The first-order chi connectivity index (χ1) is 7.27. The highest BCUT2D eigenvalue weighted by atomic mass is 15.1. The molecule has 0 saturated carbocycles. The molecule has 0 aromatic heterocycles. The lowest BCUT2D eigenvalue weighted by atomic mass is 9.84. The van der Waals surface area contributed by atoms with Crippen molar-refractivity contribution in [1.82, 2.24) is 10.6 Å². The lowest BCUT2D eigenvalue weighted by Gasteiger charge is -2.36. The van der Waals surface area contributed by atoms with Gasteiger partial charge in [0.15, 0.2) is 0 Å². The van der Waals surface area contributed by atoms with E-state index in [4.69, 9.17) is 0 Å². The summed E-state index contributed by atoms with van der Waals surface area (Å²) in [7, 11) is 2.05. The number of rotatable bonds is 3. The van der Waals surface area contributed by atoms with Crippen LogP contribution in [0.2, 0.25) is 0 Å². The smallest absolute Gasteiger partial charge is 0.0558 e. The van der Waals surface area contributed by atoms with Crippen molar-refractivity contribution in [1.29, 1.82) is 0 Å². The van der Waals surface area contributed by atoms with Crippen LogP contribution in [0.3, 0.4) is 0 Å². The third-order valence-electron chi connectivity index (χ3n) is 3.65. The van der Waals surface area contributed by atoms with Crippen LogP contribution in [0.1, 0.15) is 25.3 Å². The molecule has 1 heterocycles. The predicted molar refractivity (Wildman–Crippen MR) is 63.9 cm³/mol. The molecule has 2 heteroatoms. The highest BCUT2D eigenvalue weighted by molar-refractivity contribution is 5.26. The summed E-state index contributed by atoms with van der Waals surface area (Å²) in [6.45, 7) is 3.43. The monoisotopic (exact) mass is 204 g/mol. The van der Waals surface area contributed by atoms with E-state index in [0.29, 0.717) is 6.04 Å². The van der Waals surface area contributed by atoms with Crippen LogP contribution in [0, 0.1) is 0 Å². The van der Waals surface area contributed by atoms with Crippen LogP contribution in [-0.2, 0) is 5.54 Å². The Kier molecular flexibility index (Phi) is 3.08. The van der Waals surface area contributed by atoms with E-state index in [1.165, 1.54) is 18.4 Å². The highest BCUT2D eigenvalue weighted by Crippen LogP contribution is 2.28. The van der Waals surface area contributed by atoms with Crippen LogP contribution < -0.4 is 10.6 Å². The van der Waals surface area contributed by atoms with Crippen LogP contribution in [0.15, 0.2) is 30.3 Å². The molecular formula is C13H20N2. The largest absolute Gasteiger partial charge is 0.312 e. The molecule has 2 atom stereocenters. The maximum atomic E-state index is 3.58. The van der Waals surface area contributed by atoms with Gasteiger partial charge in [-0.05, 0) is 38.9 Å². The molecule has 1 fully saturated rings. The van der Waals surface area contributed by atoms with E-state index in [2.05, 4.69) is 47.9 Å². The van der Waals surface area contributed by atoms with E-state index < -0.39 is 0 Å². The Morgan fingerprint density at radius 2 is 2.07 bits per heavy atom. The second kappa shape index (κ2) is 4.33. The molecule has 2 unspecified atom stereocenters. The Labute approximate surface area is 92.1 Å². The average Bonchev–Trinajstić information content (AvgIpc) is 2.83. The standard InChI is InChI=1S/C13H20N2/c1-13(14-2,12-9-6-10-15-12)11-7-4-3-5-8-11/h3-5,7-8,12,14-15H,6,9-10H2,1-2H3. The molecule has 2 rings (SSSR count). The molecule has 2 N–H and O–H groups in total. The third kappa shape index (κ3) is 1.92. The van der Waals surface area contributed by atoms with Crippen molar-refractivity contribution < 1.29 is 0 Å². The molecule has 1 aliphatic rings. The van der Waals surface area contributed by atoms with Gasteiger partial charge in [0.25, 0.3) is 0 Å². The van der Waals surface area contributed by atoms with Crippen LogP contribution >= 0.6 is 0 Å². The summed E-state index contributed by atoms with van der Waals surface area (Å²) >= 11 is 0. The average molecular weight is 204 g/mol. The Hall–Kier alpha value is -0.860. The Morgan fingerprint density at radius 1 is 1.33 bits per heavy atom. The quantitative estimate of drug-likeness (QED) is 0.785. The molecule has 0 spiro atoms. The zero-order valence-corrected chi connectivity index (χ0v) is 9.59. The van der Waals surface area contributed by atoms with Crippen molar-refractivity contribution in [3.63, 3.8) is 0 Å². The normalized spacial score (nSPS) is 25.1. The van der Waals surface area contributed by atoms with Gasteiger partial charge in [0, 0.05) is 6.04 Å². The number of hydrogen-bond acceptors (Lipinski definition) is 2. The minimum Gasteiger partial charge on any atom is -0.312 e. The zero-order chi connectivity index (χ0) is 10.7. The van der Waals surface area contributed by atoms with Crippen molar-refractivity contribution in [2.75, 3.05) is 13.6 Å². The molecule has 15 heavy (non-hydrogen) atoms. The predicted octanol–water partition coefficient (Wildman–Crippen LogP) is 1.87. The summed E-state index contributed by atoms with van der Waals surface area (Å²) < 4.78 is 0. The molecule has 2 nitrogen and oxygen atoms in total. The number of nitrogens with one attached hydrogen (secondary N) is 2. The number of likely N-dealkylation sites (N-methyl/N-ethyl adjacent to an activating group) is 1. The van der Waals surface area contributed by atoms with Gasteiger partial charge in [-0.15, -0.1) is 0 Å². The van der Waals surface area contributed by atoms with Crippen LogP contribution in [0.5, 0.6) is 0 Å². The summed E-state index contributed by atoms with van der Waals surface area (Å²) in [5, 5.41) is 7.06. The van der Waals surface area contributed by atoms with Gasteiger partial charge in [0.1, 0.15) is 0 Å². The maximum absolute atomic E-state index is 3.58. The lowest BCUT2D eigenvalue weighted by molar-refractivity contribution is 0.297. The maximum Gasteiger partial charge on any atom is 0.0558 e. The van der Waals surface area contributed by atoms with Crippen molar-refractivity contribution in [3.8, 4) is 0 Å². The summed E-state index contributed by atoms with van der Waals surface area (Å²) in [6, 6.07) is 11.2. The fraction of sp³-hybridized carbons (Fsp3) is 0.538. The van der Waals surface area contributed by atoms with Gasteiger partial charge in [-0.1, -0.05) is 30.3 Å². The van der Waals surface area contributed by atoms with Crippen molar-refractivity contribution in [2.24, 2.45) is 0 Å². The van der Waals surface area contributed by atoms with Crippen LogP contribution in [0.25, 0.3) is 0 Å². The minimum absolute atomic E-state index is 0.0533. The first-order valence-corrected chi connectivity index (χ1v) is 5.75. The second-order valence-electron chi connectivity index (χ2n) is 4.47. The molecule has 1 aliphatic heterocycles. The van der Waals surface area contributed by atoms with Gasteiger partial charge < -0.3 is 10.6 Å². The van der Waals surface area contributed by atoms with Gasteiger partial charge in [0.05, 0.1) is 5.54 Å². The summed E-state index contributed by atoms with van der Waals surface area (Å²) in [5.41, 5.74) is 1.42. The van der Waals surface area contributed by atoms with Gasteiger partial charge in [0.2, 0.25) is 0 Å². The van der Waals surface area contributed by atoms with Crippen molar-refractivity contribution >= 4 is 0 Å².